The maximum atomic E-state index is 14.4. The van der Waals surface area contributed by atoms with E-state index in [9.17, 15) is 48.3 Å². The highest BCUT2D eigenvalue weighted by Crippen LogP contribution is 2.47. The lowest BCUT2D eigenvalue weighted by Gasteiger charge is -2.56. The lowest BCUT2D eigenvalue weighted by atomic mass is 9.96. The molecule has 1 fully saturated rings. The highest BCUT2D eigenvalue weighted by molar-refractivity contribution is 8.01. The van der Waals surface area contributed by atoms with Crippen LogP contribution in [0.25, 0.3) is 11.0 Å². The van der Waals surface area contributed by atoms with Crippen molar-refractivity contribution in [3.05, 3.63) is 74.8 Å². The van der Waals surface area contributed by atoms with Gasteiger partial charge in [-0.3, -0.25) is 38.5 Å². The Morgan fingerprint density at radius 2 is 1.67 bits per heavy atom. The van der Waals surface area contributed by atoms with Gasteiger partial charge >= 0.3 is 29.8 Å². The van der Waals surface area contributed by atoms with Crippen LogP contribution in [0.1, 0.15) is 41.6 Å². The molecule has 4 heterocycles. The molecular formula is C37H33N7O17S2. The molecule has 63 heavy (non-hydrogen) atoms. The first-order valence-corrected chi connectivity index (χ1v) is 20.0. The van der Waals surface area contributed by atoms with Crippen molar-refractivity contribution in [3.63, 3.8) is 0 Å². The van der Waals surface area contributed by atoms with E-state index in [-0.39, 0.29) is 61.8 Å². The van der Waals surface area contributed by atoms with Crippen LogP contribution in [0.15, 0.2) is 62.0 Å². The largest absolute Gasteiger partial charge is 0.482 e. The Morgan fingerprint density at radius 1 is 1.00 bits per heavy atom. The second-order valence-corrected chi connectivity index (χ2v) is 15.3. The summed E-state index contributed by atoms with van der Waals surface area (Å²) >= 11 is 1.96. The first-order chi connectivity index (χ1) is 29.8. The third-order valence-corrected chi connectivity index (χ3v) is 11.5. The second-order valence-electron chi connectivity index (χ2n) is 13.3. The fourth-order valence-corrected chi connectivity index (χ4v) is 8.89. The average Bonchev–Trinajstić information content (AvgIpc) is 3.65. The zero-order valence-corrected chi connectivity index (χ0v) is 34.7. The van der Waals surface area contributed by atoms with Crippen molar-refractivity contribution < 1.29 is 77.0 Å². The molecule has 1 saturated heterocycles. The summed E-state index contributed by atoms with van der Waals surface area (Å²) in [5.41, 5.74) is -4.09. The van der Waals surface area contributed by atoms with E-state index in [1.807, 2.05) is 0 Å². The molecule has 3 amide bonds. The minimum Gasteiger partial charge on any atom is -0.482 e. The number of rotatable bonds is 17. The number of thioether (sulfide) groups is 2. The molecule has 5 N–H and O–H groups in total. The van der Waals surface area contributed by atoms with Crippen LogP contribution in [0.3, 0.4) is 0 Å². The molecule has 24 nitrogen and oxygen atoms in total. The molecule has 0 aliphatic carbocycles. The van der Waals surface area contributed by atoms with E-state index in [2.05, 4.69) is 26.2 Å². The van der Waals surface area contributed by atoms with E-state index in [4.69, 9.17) is 33.6 Å². The van der Waals surface area contributed by atoms with E-state index < -0.39 is 94.5 Å². The first kappa shape index (κ1) is 45.2. The Morgan fingerprint density at radius 3 is 2.27 bits per heavy atom. The Bertz CT molecular complexity index is 2680. The molecule has 0 spiro atoms. The highest BCUT2D eigenvalue weighted by Gasteiger charge is 2.67. The van der Waals surface area contributed by atoms with Crippen LogP contribution in [0.5, 0.6) is 17.2 Å². The third-order valence-electron chi connectivity index (χ3n) is 9.08. The molecule has 3 atom stereocenters. The predicted molar refractivity (Wildman–Crippen MR) is 211 cm³/mol. The number of carboxylic acid groups (broad SMARTS) is 3. The highest BCUT2D eigenvalue weighted by atomic mass is 32.2. The van der Waals surface area contributed by atoms with Crippen molar-refractivity contribution in [2.24, 2.45) is 0 Å². The molecule has 1 unspecified atom stereocenters. The summed E-state index contributed by atoms with van der Waals surface area (Å²) in [5.74, 6) is -9.74. The molecular weight excluding hydrogens is 879 g/mol. The monoisotopic (exact) mass is 911 g/mol. The van der Waals surface area contributed by atoms with Crippen LogP contribution in [0, 0.1) is 6.92 Å². The number of fused-ring (bicyclic) bond motifs is 2. The molecule has 330 valence electrons. The van der Waals surface area contributed by atoms with Crippen LogP contribution in [-0.2, 0) is 44.8 Å². The molecule has 2 aliphatic rings. The van der Waals surface area contributed by atoms with Gasteiger partial charge in [-0.1, -0.05) is 23.9 Å². The lowest BCUT2D eigenvalue weighted by molar-refractivity contribution is -0.192. The van der Waals surface area contributed by atoms with Crippen molar-refractivity contribution in [2.45, 2.75) is 49.6 Å². The van der Waals surface area contributed by atoms with Gasteiger partial charge < -0.3 is 49.3 Å². The van der Waals surface area contributed by atoms with Gasteiger partial charge in [0.15, 0.2) is 18.1 Å². The number of aliphatic carboxylic acids is 3. The summed E-state index contributed by atoms with van der Waals surface area (Å²) < 4.78 is 27.8. The van der Waals surface area contributed by atoms with Crippen LogP contribution in [-0.4, -0.2) is 124 Å². The van der Waals surface area contributed by atoms with Gasteiger partial charge in [0.2, 0.25) is 16.5 Å². The number of aryl methyl sites for hydroxylation is 1. The van der Waals surface area contributed by atoms with Crippen molar-refractivity contribution in [1.82, 2.24) is 35.7 Å². The van der Waals surface area contributed by atoms with Crippen molar-refractivity contribution in [2.75, 3.05) is 25.2 Å². The summed E-state index contributed by atoms with van der Waals surface area (Å²) in [6, 6.07) is 5.57. The number of methoxy groups -OCH3 is 1. The van der Waals surface area contributed by atoms with Crippen LogP contribution >= 0.6 is 23.5 Å². The average molecular weight is 912 g/mol. The van der Waals surface area contributed by atoms with Gasteiger partial charge in [-0.2, -0.15) is 0 Å². The number of benzene rings is 2. The van der Waals surface area contributed by atoms with Crippen LogP contribution in [0.2, 0.25) is 0 Å². The summed E-state index contributed by atoms with van der Waals surface area (Å²) in [4.78, 5) is 116. The predicted octanol–water partition coefficient (Wildman–Crippen LogP) is 0.463. The number of aromatic nitrogens is 4. The number of esters is 2. The van der Waals surface area contributed by atoms with Gasteiger partial charge in [-0.15, -0.1) is 16.9 Å². The summed E-state index contributed by atoms with van der Waals surface area (Å²) in [6.07, 6.45) is 0. The van der Waals surface area contributed by atoms with Gasteiger partial charge in [-0.05, 0) is 46.7 Å². The number of carboxylic acids is 3. The number of tetrazole rings is 1. The van der Waals surface area contributed by atoms with Gasteiger partial charge in [0.05, 0.1) is 5.39 Å². The van der Waals surface area contributed by atoms with Crippen LogP contribution in [0.4, 0.5) is 0 Å². The first-order valence-electron chi connectivity index (χ1n) is 18.0. The van der Waals surface area contributed by atoms with Crippen LogP contribution < -0.4 is 30.3 Å². The Hall–Kier alpha value is -7.32. The quantitative estimate of drug-likeness (QED) is 0.0316. The third kappa shape index (κ3) is 9.31. The molecule has 0 bridgehead atoms. The maximum Gasteiger partial charge on any atom is 0.352 e. The summed E-state index contributed by atoms with van der Waals surface area (Å²) in [5, 5.41) is 42.9. The Balaban J connectivity index is 1.32. The molecule has 2 aromatic heterocycles. The molecule has 2 aromatic carbocycles. The number of carbonyl (C=O) groups is 8. The van der Waals surface area contributed by atoms with Crippen molar-refractivity contribution in [1.29, 1.82) is 0 Å². The van der Waals surface area contributed by atoms with Gasteiger partial charge in [-0.25, -0.2) is 14.3 Å². The second kappa shape index (κ2) is 18.3. The lowest BCUT2D eigenvalue weighted by Crippen LogP contribution is -2.81. The van der Waals surface area contributed by atoms with Gasteiger partial charge in [0.25, 0.3) is 17.5 Å². The maximum absolute atomic E-state index is 14.4. The SMILES string of the molecule is CO[C@@]1(NC(=O)C(NC(=O)c2c(C)oc3cc(OC(C)=O)c(OC(C)=O)cc3c2=O)c2ccc(OCC(=O)O)cc2)C(=O)N2C(C(=O)O)=C(CSc3nnnn3CC(=O)O)CS[C@@H]21. The smallest absolute Gasteiger partial charge is 0.352 e. The van der Waals surface area contributed by atoms with E-state index in [0.717, 1.165) is 66.2 Å². The standard InChI is InChI=1S/C37H33N7O17S2/c1-15-27(30(51)21-9-23(60-16(2)45)24(61-17(3)46)10-22(21)59-15)31(52)38-28(18-5-7-20(8-6-18)58-12-26(49)50)32(53)39-37(57-4)34(56)44-29(33(54)55)19(13-62-35(37)44)14-63-36-40-41-42-43(36)11-25(47)48/h5-10,28,35H,11-14H2,1-4H3,(H,38,52)(H,39,53)(H,47,48)(H,49,50)(H,54,55)/t28?,35-,37+/m1/s1. The van der Waals surface area contributed by atoms with E-state index >= 15 is 0 Å². The topological polar surface area (TPSA) is 335 Å². The molecule has 0 saturated carbocycles. The van der Waals surface area contributed by atoms with Crippen molar-refractivity contribution >= 4 is 82.1 Å². The van der Waals surface area contributed by atoms with E-state index in [1.165, 1.54) is 31.2 Å². The number of carbonyl (C=O) groups excluding carboxylic acids is 5. The number of hydrogen-bond donors (Lipinski definition) is 5. The minimum absolute atomic E-state index is 0.0128. The van der Waals surface area contributed by atoms with Gasteiger partial charge in [0.1, 0.15) is 46.3 Å². The number of hydrogen-bond acceptors (Lipinski definition) is 19. The molecule has 2 aliphatic heterocycles. The molecule has 0 radical (unpaired) electrons. The fourth-order valence-electron chi connectivity index (χ4n) is 6.44. The molecule has 26 heteroatoms. The number of β-lactam (4-membered cyclic amide) rings is 1. The molecule has 4 aromatic rings. The zero-order chi connectivity index (χ0) is 45.9. The minimum atomic E-state index is -2.20. The van der Waals surface area contributed by atoms with Crippen molar-refractivity contribution in [3.8, 4) is 17.2 Å². The normalized spacial score (nSPS) is 17.2. The van der Waals surface area contributed by atoms with E-state index in [1.54, 1.807) is 0 Å². The number of nitrogens with one attached hydrogen (secondary N) is 2. The van der Waals surface area contributed by atoms with E-state index in [0.29, 0.717) is 0 Å². The van der Waals surface area contributed by atoms with Gasteiger partial charge in [0, 0.05) is 38.5 Å². The summed E-state index contributed by atoms with van der Waals surface area (Å²) in [7, 11) is 1.09. The zero-order valence-electron chi connectivity index (χ0n) is 33.1. The summed E-state index contributed by atoms with van der Waals surface area (Å²) in [6.45, 7) is 2.15. The number of ether oxygens (including phenoxy) is 4. The fraction of sp³-hybridized carbons (Fsp3) is 0.297. The number of amides is 3. The Kier molecular flexibility index (Phi) is 13.2. The number of nitrogens with zero attached hydrogens (tertiary/aromatic N) is 5. The Labute approximate surface area is 360 Å². The molecule has 6 rings (SSSR count).